The lowest BCUT2D eigenvalue weighted by atomic mass is 10.0. The van der Waals surface area contributed by atoms with Gasteiger partial charge in [-0.1, -0.05) is 63.2 Å². The van der Waals surface area contributed by atoms with Crippen molar-refractivity contribution in [3.63, 3.8) is 0 Å². The predicted octanol–water partition coefficient (Wildman–Crippen LogP) is 4.96. The number of nitrogens with zero attached hydrogens (tertiary/aromatic N) is 2. The number of hydrogen-bond donors (Lipinski definition) is 1. The maximum atomic E-state index is 14.1. The van der Waals surface area contributed by atoms with Crippen LogP contribution in [0.1, 0.15) is 51.2 Å². The van der Waals surface area contributed by atoms with Gasteiger partial charge >= 0.3 is 0 Å². The van der Waals surface area contributed by atoms with Crippen molar-refractivity contribution >= 4 is 27.5 Å². The number of anilines is 1. The van der Waals surface area contributed by atoms with E-state index in [-0.39, 0.29) is 23.3 Å². The maximum Gasteiger partial charge on any atom is 0.264 e. The topological polar surface area (TPSA) is 96.0 Å². The zero-order valence-corrected chi connectivity index (χ0v) is 24.6. The SMILES string of the molecule is CCNC(=O)[C@@H](CC)N(Cc1cccc(OC)c1)C(=O)CN(c1ccc(C(C)C)cc1)S(=O)(=O)c1ccccc1. The van der Waals surface area contributed by atoms with Crippen molar-refractivity contribution in [1.29, 1.82) is 0 Å². The van der Waals surface area contributed by atoms with Gasteiger partial charge in [-0.3, -0.25) is 13.9 Å². The number of methoxy groups -OCH3 is 1. The first-order valence-corrected chi connectivity index (χ1v) is 14.9. The van der Waals surface area contributed by atoms with E-state index in [1.165, 1.54) is 17.0 Å². The summed E-state index contributed by atoms with van der Waals surface area (Å²) in [5.41, 5.74) is 2.18. The molecule has 9 heteroatoms. The molecule has 3 aromatic carbocycles. The largest absolute Gasteiger partial charge is 0.497 e. The molecule has 0 aromatic heterocycles. The fraction of sp³-hybridized carbons (Fsp3) is 0.355. The highest BCUT2D eigenvalue weighted by atomic mass is 32.2. The van der Waals surface area contributed by atoms with Gasteiger partial charge in [-0.2, -0.15) is 0 Å². The minimum atomic E-state index is -4.10. The second-order valence-electron chi connectivity index (χ2n) is 9.76. The third kappa shape index (κ3) is 7.41. The Morgan fingerprint density at radius 1 is 0.925 bits per heavy atom. The Labute approximate surface area is 238 Å². The van der Waals surface area contributed by atoms with E-state index in [4.69, 9.17) is 4.74 Å². The monoisotopic (exact) mass is 565 g/mol. The van der Waals surface area contributed by atoms with Crippen molar-refractivity contribution in [2.24, 2.45) is 0 Å². The fourth-order valence-electron chi connectivity index (χ4n) is 4.45. The Morgan fingerprint density at radius 3 is 2.17 bits per heavy atom. The number of carbonyl (C=O) groups is 2. The first kappa shape index (κ1) is 30.7. The van der Waals surface area contributed by atoms with Crippen LogP contribution in [0, 0.1) is 0 Å². The van der Waals surface area contributed by atoms with Crippen LogP contribution in [0.5, 0.6) is 5.75 Å². The molecule has 0 heterocycles. The average Bonchev–Trinajstić information content (AvgIpc) is 2.96. The molecule has 0 aliphatic rings. The van der Waals surface area contributed by atoms with E-state index in [1.807, 2.05) is 38.1 Å². The van der Waals surface area contributed by atoms with Gasteiger partial charge in [0, 0.05) is 13.1 Å². The molecule has 3 rings (SSSR count). The second-order valence-corrected chi connectivity index (χ2v) is 11.6. The summed E-state index contributed by atoms with van der Waals surface area (Å²) < 4.78 is 34.2. The fourth-order valence-corrected chi connectivity index (χ4v) is 5.89. The molecule has 40 heavy (non-hydrogen) atoms. The van der Waals surface area contributed by atoms with E-state index < -0.39 is 28.5 Å². The lowest BCUT2D eigenvalue weighted by Crippen LogP contribution is -2.52. The quantitative estimate of drug-likeness (QED) is 0.316. The molecule has 1 atom stereocenters. The van der Waals surface area contributed by atoms with Crippen LogP contribution in [0.15, 0.2) is 83.8 Å². The molecule has 2 amide bonds. The first-order valence-electron chi connectivity index (χ1n) is 13.5. The molecule has 0 saturated heterocycles. The molecular formula is C31H39N3O5S. The van der Waals surface area contributed by atoms with Crippen LogP contribution in [0.2, 0.25) is 0 Å². The van der Waals surface area contributed by atoms with Gasteiger partial charge < -0.3 is 15.0 Å². The van der Waals surface area contributed by atoms with Crippen molar-refractivity contribution in [2.45, 2.75) is 57.5 Å². The molecule has 0 radical (unpaired) electrons. The van der Waals surface area contributed by atoms with Crippen LogP contribution < -0.4 is 14.4 Å². The Hall–Kier alpha value is -3.85. The number of rotatable bonds is 13. The zero-order valence-electron chi connectivity index (χ0n) is 23.8. The molecular weight excluding hydrogens is 526 g/mol. The van der Waals surface area contributed by atoms with Gasteiger partial charge in [-0.15, -0.1) is 0 Å². The summed E-state index contributed by atoms with van der Waals surface area (Å²) in [6.07, 6.45) is 0.357. The number of ether oxygens (including phenoxy) is 1. The van der Waals surface area contributed by atoms with Crippen LogP contribution >= 0.6 is 0 Å². The van der Waals surface area contributed by atoms with E-state index >= 15 is 0 Å². The van der Waals surface area contributed by atoms with Crippen LogP contribution in [0.4, 0.5) is 5.69 Å². The molecule has 214 valence electrons. The third-order valence-corrected chi connectivity index (χ3v) is 8.47. The second kappa shape index (κ2) is 14.0. The van der Waals surface area contributed by atoms with E-state index in [0.29, 0.717) is 24.4 Å². The summed E-state index contributed by atoms with van der Waals surface area (Å²) in [5, 5.41) is 2.81. The minimum Gasteiger partial charge on any atom is -0.497 e. The average molecular weight is 566 g/mol. The maximum absolute atomic E-state index is 14.1. The van der Waals surface area contributed by atoms with Gasteiger partial charge in [0.25, 0.3) is 10.0 Å². The van der Waals surface area contributed by atoms with Gasteiger partial charge in [-0.25, -0.2) is 8.42 Å². The molecule has 0 spiro atoms. The van der Waals surface area contributed by atoms with Crippen LogP contribution in [-0.4, -0.2) is 51.4 Å². The molecule has 0 aliphatic heterocycles. The Morgan fingerprint density at radius 2 is 1.60 bits per heavy atom. The van der Waals surface area contributed by atoms with E-state index in [2.05, 4.69) is 19.2 Å². The minimum absolute atomic E-state index is 0.0749. The lowest BCUT2D eigenvalue weighted by molar-refractivity contribution is -0.140. The smallest absolute Gasteiger partial charge is 0.264 e. The van der Waals surface area contributed by atoms with Gasteiger partial charge in [0.05, 0.1) is 17.7 Å². The number of likely N-dealkylation sites (N-methyl/N-ethyl adjacent to an activating group) is 1. The molecule has 0 bridgehead atoms. The Kier molecular flexibility index (Phi) is 10.7. The molecule has 1 N–H and O–H groups in total. The van der Waals surface area contributed by atoms with Crippen LogP contribution in [0.3, 0.4) is 0 Å². The number of amides is 2. The molecule has 8 nitrogen and oxygen atoms in total. The van der Waals surface area contributed by atoms with E-state index in [9.17, 15) is 18.0 Å². The highest BCUT2D eigenvalue weighted by Crippen LogP contribution is 2.27. The molecule has 0 unspecified atom stereocenters. The van der Waals surface area contributed by atoms with Gasteiger partial charge in [0.15, 0.2) is 0 Å². The summed E-state index contributed by atoms with van der Waals surface area (Å²) >= 11 is 0. The first-order chi connectivity index (χ1) is 19.1. The van der Waals surface area contributed by atoms with Crippen molar-refractivity contribution in [1.82, 2.24) is 10.2 Å². The number of hydrogen-bond acceptors (Lipinski definition) is 5. The zero-order chi connectivity index (χ0) is 29.3. The van der Waals surface area contributed by atoms with Crippen molar-refractivity contribution in [3.8, 4) is 5.75 Å². The molecule has 3 aromatic rings. The van der Waals surface area contributed by atoms with Crippen LogP contribution in [0.25, 0.3) is 0 Å². The Bertz CT molecular complexity index is 1380. The molecule has 0 fully saturated rings. The lowest BCUT2D eigenvalue weighted by Gasteiger charge is -2.33. The highest BCUT2D eigenvalue weighted by molar-refractivity contribution is 7.92. The van der Waals surface area contributed by atoms with Crippen molar-refractivity contribution < 1.29 is 22.7 Å². The van der Waals surface area contributed by atoms with Gasteiger partial charge in [-0.05, 0) is 66.8 Å². The summed E-state index contributed by atoms with van der Waals surface area (Å²) in [7, 11) is -2.54. The number of benzene rings is 3. The normalized spacial score (nSPS) is 12.1. The number of nitrogens with one attached hydrogen (secondary N) is 1. The predicted molar refractivity (Wildman–Crippen MR) is 158 cm³/mol. The molecule has 0 saturated carbocycles. The molecule has 0 aliphatic carbocycles. The van der Waals surface area contributed by atoms with Crippen molar-refractivity contribution in [2.75, 3.05) is 24.5 Å². The summed E-state index contributed by atoms with van der Waals surface area (Å²) in [6.45, 7) is 7.80. The Balaban J connectivity index is 2.06. The summed E-state index contributed by atoms with van der Waals surface area (Å²) in [5.74, 6) is 0.0958. The highest BCUT2D eigenvalue weighted by Gasteiger charge is 2.33. The van der Waals surface area contributed by atoms with Crippen molar-refractivity contribution in [3.05, 3.63) is 90.0 Å². The third-order valence-electron chi connectivity index (χ3n) is 6.68. The van der Waals surface area contributed by atoms with E-state index in [1.54, 1.807) is 49.6 Å². The number of carbonyl (C=O) groups excluding carboxylic acids is 2. The standard InChI is InChI=1S/C31H39N3O5S/c1-6-29(31(36)32-7-2)33(21-24-12-11-13-27(20-24)39-5)30(35)22-34(26-18-16-25(17-19-26)23(3)4)40(37,38)28-14-9-8-10-15-28/h8-20,23,29H,6-7,21-22H2,1-5H3,(H,32,36)/t29-/m1/s1. The van der Waals surface area contributed by atoms with Gasteiger partial charge in [0.1, 0.15) is 18.3 Å². The van der Waals surface area contributed by atoms with Crippen LogP contribution in [-0.2, 0) is 26.2 Å². The van der Waals surface area contributed by atoms with Gasteiger partial charge in [0.2, 0.25) is 11.8 Å². The number of sulfonamides is 1. The summed E-state index contributed by atoms with van der Waals surface area (Å²) in [6, 6.07) is 21.7. The summed E-state index contributed by atoms with van der Waals surface area (Å²) in [4.78, 5) is 28.6. The van der Waals surface area contributed by atoms with E-state index in [0.717, 1.165) is 15.4 Å².